The summed E-state index contributed by atoms with van der Waals surface area (Å²) in [4.78, 5) is 8.69. The summed E-state index contributed by atoms with van der Waals surface area (Å²) in [6.07, 6.45) is 3.50. The molecule has 1 aromatic rings. The number of nitrogen functional groups attached to an aromatic ring is 1. The maximum atomic E-state index is 5.79. The minimum Gasteiger partial charge on any atom is -0.474 e. The topological polar surface area (TPSA) is 79.5 Å². The summed E-state index contributed by atoms with van der Waals surface area (Å²) in [6.45, 7) is 2.47. The maximum absolute atomic E-state index is 5.79. The number of hydrogen-bond acceptors (Lipinski definition) is 6. The molecule has 0 radical (unpaired) electrons. The van der Waals surface area contributed by atoms with Gasteiger partial charge in [0, 0.05) is 26.2 Å². The van der Waals surface area contributed by atoms with E-state index >= 15 is 0 Å². The van der Waals surface area contributed by atoms with E-state index in [1.807, 2.05) is 0 Å². The quantitative estimate of drug-likeness (QED) is 0.788. The molecule has 0 unspecified atom stereocenters. The Hall–Kier alpha value is -1.40. The number of hydrogen-bond donors (Lipinski definition) is 1. The van der Waals surface area contributed by atoms with Gasteiger partial charge in [-0.05, 0) is 12.8 Å². The van der Waals surface area contributed by atoms with Crippen LogP contribution in [0.2, 0.25) is 0 Å². The molecule has 1 fully saturated rings. The maximum Gasteiger partial charge on any atom is 0.240 e. The van der Waals surface area contributed by atoms with E-state index in [1.165, 1.54) is 0 Å². The van der Waals surface area contributed by atoms with Crippen molar-refractivity contribution in [2.24, 2.45) is 0 Å². The average Bonchev–Trinajstić information content (AvgIpc) is 2.42. The lowest BCUT2D eigenvalue weighted by atomic mass is 9.99. The molecule has 0 aliphatic carbocycles. The SMILES string of the molecule is COCCOc1nc(C2CCOCC2)ncc1N. The van der Waals surface area contributed by atoms with Crippen molar-refractivity contribution in [1.82, 2.24) is 9.97 Å². The fourth-order valence-corrected chi connectivity index (χ4v) is 1.88. The Morgan fingerprint density at radius 2 is 2.17 bits per heavy atom. The molecule has 2 N–H and O–H groups in total. The largest absolute Gasteiger partial charge is 0.474 e. The van der Waals surface area contributed by atoms with E-state index in [4.69, 9.17) is 19.9 Å². The molecule has 0 atom stereocenters. The zero-order valence-corrected chi connectivity index (χ0v) is 10.6. The van der Waals surface area contributed by atoms with Crippen molar-refractivity contribution >= 4 is 5.69 Å². The van der Waals surface area contributed by atoms with E-state index < -0.39 is 0 Å². The van der Waals surface area contributed by atoms with E-state index in [1.54, 1.807) is 13.3 Å². The number of nitrogens with two attached hydrogens (primary N) is 1. The highest BCUT2D eigenvalue weighted by Gasteiger charge is 2.19. The van der Waals surface area contributed by atoms with Gasteiger partial charge in [-0.2, -0.15) is 4.98 Å². The van der Waals surface area contributed by atoms with Crippen LogP contribution in [0.25, 0.3) is 0 Å². The summed E-state index contributed by atoms with van der Waals surface area (Å²) in [6, 6.07) is 0. The highest BCUT2D eigenvalue weighted by Crippen LogP contribution is 2.27. The predicted octanol–water partition coefficient (Wildman–Crippen LogP) is 0.978. The van der Waals surface area contributed by atoms with Crippen LogP contribution in [0.15, 0.2) is 6.20 Å². The van der Waals surface area contributed by atoms with Gasteiger partial charge in [-0.3, -0.25) is 0 Å². The Labute approximate surface area is 106 Å². The zero-order chi connectivity index (χ0) is 12.8. The highest BCUT2D eigenvalue weighted by atomic mass is 16.5. The fourth-order valence-electron chi connectivity index (χ4n) is 1.88. The predicted molar refractivity (Wildman–Crippen MR) is 66.6 cm³/mol. The molecule has 0 aromatic carbocycles. The molecule has 1 aliphatic heterocycles. The van der Waals surface area contributed by atoms with Crippen LogP contribution in [0.5, 0.6) is 5.88 Å². The molecular formula is C12H19N3O3. The third kappa shape index (κ3) is 3.30. The second-order valence-electron chi connectivity index (χ2n) is 4.22. The first-order valence-electron chi connectivity index (χ1n) is 6.13. The molecule has 0 saturated carbocycles. The van der Waals surface area contributed by atoms with Gasteiger partial charge < -0.3 is 19.9 Å². The lowest BCUT2D eigenvalue weighted by molar-refractivity contribution is 0.0832. The summed E-state index contributed by atoms with van der Waals surface area (Å²) in [5.74, 6) is 1.58. The van der Waals surface area contributed by atoms with E-state index in [0.29, 0.717) is 30.7 Å². The second kappa shape index (κ2) is 6.51. The van der Waals surface area contributed by atoms with Crippen molar-refractivity contribution in [3.8, 4) is 5.88 Å². The summed E-state index contributed by atoms with van der Waals surface area (Å²) in [5.41, 5.74) is 6.25. The van der Waals surface area contributed by atoms with E-state index in [9.17, 15) is 0 Å². The zero-order valence-electron chi connectivity index (χ0n) is 10.6. The molecule has 18 heavy (non-hydrogen) atoms. The molecule has 100 valence electrons. The van der Waals surface area contributed by atoms with Crippen LogP contribution in [0, 0.1) is 0 Å². The van der Waals surface area contributed by atoms with Gasteiger partial charge in [0.05, 0.1) is 12.8 Å². The molecule has 2 heterocycles. The summed E-state index contributed by atoms with van der Waals surface area (Å²) in [5, 5.41) is 0. The first-order valence-corrected chi connectivity index (χ1v) is 6.13. The molecule has 6 nitrogen and oxygen atoms in total. The van der Waals surface area contributed by atoms with Crippen LogP contribution in [0.3, 0.4) is 0 Å². The summed E-state index contributed by atoms with van der Waals surface area (Å²) < 4.78 is 15.7. The Morgan fingerprint density at radius 1 is 1.39 bits per heavy atom. The van der Waals surface area contributed by atoms with Crippen molar-refractivity contribution in [3.63, 3.8) is 0 Å². The number of rotatable bonds is 5. The fraction of sp³-hybridized carbons (Fsp3) is 0.667. The van der Waals surface area contributed by atoms with Gasteiger partial charge in [0.1, 0.15) is 18.1 Å². The molecule has 6 heteroatoms. The van der Waals surface area contributed by atoms with Crippen LogP contribution in [-0.4, -0.2) is 43.5 Å². The van der Waals surface area contributed by atoms with E-state index in [2.05, 4.69) is 9.97 Å². The molecule has 1 aliphatic rings. The Bertz CT molecular complexity index is 381. The van der Waals surface area contributed by atoms with E-state index in [0.717, 1.165) is 31.9 Å². The van der Waals surface area contributed by atoms with Gasteiger partial charge in [-0.1, -0.05) is 0 Å². The molecule has 1 aromatic heterocycles. The Morgan fingerprint density at radius 3 is 2.89 bits per heavy atom. The van der Waals surface area contributed by atoms with Gasteiger partial charge in [0.15, 0.2) is 0 Å². The van der Waals surface area contributed by atoms with Gasteiger partial charge in [-0.25, -0.2) is 4.98 Å². The van der Waals surface area contributed by atoms with E-state index in [-0.39, 0.29) is 0 Å². The molecule has 0 amide bonds. The van der Waals surface area contributed by atoms with Crippen molar-refractivity contribution in [3.05, 3.63) is 12.0 Å². The molecule has 2 rings (SSSR count). The first kappa shape index (κ1) is 13.0. The standard InChI is InChI=1S/C12H19N3O3/c1-16-6-7-18-12-10(13)8-14-11(15-12)9-2-4-17-5-3-9/h8-9H,2-7,13H2,1H3. The van der Waals surface area contributed by atoms with Crippen molar-refractivity contribution in [2.45, 2.75) is 18.8 Å². The van der Waals surface area contributed by atoms with Crippen LogP contribution in [0.1, 0.15) is 24.6 Å². The first-order chi connectivity index (χ1) is 8.81. The smallest absolute Gasteiger partial charge is 0.240 e. The van der Waals surface area contributed by atoms with Crippen LogP contribution < -0.4 is 10.5 Å². The van der Waals surface area contributed by atoms with Gasteiger partial charge >= 0.3 is 0 Å². The van der Waals surface area contributed by atoms with Gasteiger partial charge in [-0.15, -0.1) is 0 Å². The van der Waals surface area contributed by atoms with Crippen molar-refractivity contribution in [1.29, 1.82) is 0 Å². The summed E-state index contributed by atoms with van der Waals surface area (Å²) in [7, 11) is 1.63. The normalized spacial score (nSPS) is 16.7. The highest BCUT2D eigenvalue weighted by molar-refractivity contribution is 5.45. The minimum atomic E-state index is 0.337. The average molecular weight is 253 g/mol. The Kier molecular flexibility index (Phi) is 4.72. The van der Waals surface area contributed by atoms with Crippen LogP contribution in [-0.2, 0) is 9.47 Å². The monoisotopic (exact) mass is 253 g/mol. The molecular weight excluding hydrogens is 234 g/mol. The number of aromatic nitrogens is 2. The summed E-state index contributed by atoms with van der Waals surface area (Å²) >= 11 is 0. The third-order valence-corrected chi connectivity index (χ3v) is 2.91. The molecule has 1 saturated heterocycles. The second-order valence-corrected chi connectivity index (χ2v) is 4.22. The lowest BCUT2D eigenvalue weighted by Crippen LogP contribution is -2.17. The number of anilines is 1. The van der Waals surface area contributed by atoms with Gasteiger partial charge in [0.25, 0.3) is 0 Å². The number of methoxy groups -OCH3 is 1. The lowest BCUT2D eigenvalue weighted by Gasteiger charge is -2.21. The van der Waals surface area contributed by atoms with Crippen LogP contribution in [0.4, 0.5) is 5.69 Å². The van der Waals surface area contributed by atoms with Crippen LogP contribution >= 0.6 is 0 Å². The van der Waals surface area contributed by atoms with Gasteiger partial charge in [0.2, 0.25) is 5.88 Å². The third-order valence-electron chi connectivity index (χ3n) is 2.91. The van der Waals surface area contributed by atoms with Crippen molar-refractivity contribution in [2.75, 3.05) is 39.3 Å². The number of nitrogens with zero attached hydrogens (tertiary/aromatic N) is 2. The molecule has 0 bridgehead atoms. The molecule has 0 spiro atoms. The Balaban J connectivity index is 2.04. The van der Waals surface area contributed by atoms with Crippen molar-refractivity contribution < 1.29 is 14.2 Å². The minimum absolute atomic E-state index is 0.337. The number of ether oxygens (including phenoxy) is 3.